The van der Waals surface area contributed by atoms with Gasteiger partial charge in [0.2, 0.25) is 5.91 Å². The molecule has 2 rings (SSSR count). The Hall–Kier alpha value is -2.02. The fourth-order valence-electron chi connectivity index (χ4n) is 1.64. The largest absolute Gasteiger partial charge is 0.323 e. The Morgan fingerprint density at radius 1 is 1.00 bits per heavy atom. The van der Waals surface area contributed by atoms with E-state index in [2.05, 4.69) is 5.32 Å². The van der Waals surface area contributed by atoms with E-state index in [-0.39, 0.29) is 10.6 Å². The van der Waals surface area contributed by atoms with Crippen molar-refractivity contribution in [3.63, 3.8) is 0 Å². The highest BCUT2D eigenvalue weighted by Gasteiger charge is 2.18. The van der Waals surface area contributed by atoms with Gasteiger partial charge in [-0.25, -0.2) is 17.6 Å². The lowest BCUT2D eigenvalue weighted by Crippen LogP contribution is -2.23. The number of rotatable bonds is 4. The van der Waals surface area contributed by atoms with E-state index < -0.39 is 34.4 Å². The predicted molar refractivity (Wildman–Crippen MR) is 76.7 cm³/mol. The van der Waals surface area contributed by atoms with Gasteiger partial charge in [0.15, 0.2) is 0 Å². The first-order valence-electron chi connectivity index (χ1n) is 6.24. The summed E-state index contributed by atoms with van der Waals surface area (Å²) in [4.78, 5) is 12.0. The van der Waals surface area contributed by atoms with Crippen LogP contribution in [0.15, 0.2) is 41.3 Å². The minimum Gasteiger partial charge on any atom is -0.323 e. The first kappa shape index (κ1) is 16.4. The zero-order valence-electron chi connectivity index (χ0n) is 11.4. The molecular weight excluding hydrogens is 318 g/mol. The van der Waals surface area contributed by atoms with Crippen molar-refractivity contribution in [2.45, 2.75) is 17.1 Å². The topological polar surface area (TPSA) is 29.1 Å². The third kappa shape index (κ3) is 4.00. The number of carbonyl (C=O) groups is 1. The highest BCUT2D eigenvalue weighted by Crippen LogP contribution is 2.27. The first-order valence-corrected chi connectivity index (χ1v) is 7.12. The van der Waals surface area contributed by atoms with Crippen LogP contribution in [0.1, 0.15) is 6.92 Å². The van der Waals surface area contributed by atoms with Crippen LogP contribution in [-0.4, -0.2) is 11.2 Å². The average molecular weight is 329 g/mol. The number of anilines is 1. The second-order valence-corrected chi connectivity index (χ2v) is 5.83. The molecule has 0 heterocycles. The molecule has 1 unspecified atom stereocenters. The Labute approximate surface area is 128 Å². The number of benzene rings is 2. The highest BCUT2D eigenvalue weighted by molar-refractivity contribution is 8.00. The minimum atomic E-state index is -0.904. The summed E-state index contributed by atoms with van der Waals surface area (Å²) in [6, 6.07) is 5.77. The molecule has 0 bridgehead atoms. The number of nitrogens with one attached hydrogen (secondary N) is 1. The van der Waals surface area contributed by atoms with Crippen LogP contribution in [-0.2, 0) is 4.79 Å². The maximum Gasteiger partial charge on any atom is 0.237 e. The van der Waals surface area contributed by atoms with E-state index in [1.807, 2.05) is 0 Å². The molecule has 1 amide bonds. The normalized spacial score (nSPS) is 12.0. The molecule has 1 atom stereocenters. The summed E-state index contributed by atoms with van der Waals surface area (Å²) in [7, 11) is 0. The van der Waals surface area contributed by atoms with Gasteiger partial charge in [-0.2, -0.15) is 0 Å². The lowest BCUT2D eigenvalue weighted by molar-refractivity contribution is -0.115. The summed E-state index contributed by atoms with van der Waals surface area (Å²) in [5.74, 6) is -3.74. The van der Waals surface area contributed by atoms with Crippen molar-refractivity contribution in [1.29, 1.82) is 0 Å². The lowest BCUT2D eigenvalue weighted by atomic mass is 10.3. The van der Waals surface area contributed by atoms with Crippen LogP contribution >= 0.6 is 11.8 Å². The molecule has 0 aliphatic rings. The molecule has 7 heteroatoms. The van der Waals surface area contributed by atoms with E-state index in [4.69, 9.17) is 0 Å². The molecule has 0 saturated carbocycles. The molecule has 0 aliphatic carbocycles. The predicted octanol–water partition coefficient (Wildman–Crippen LogP) is 4.36. The van der Waals surface area contributed by atoms with Crippen molar-refractivity contribution in [1.82, 2.24) is 0 Å². The quantitative estimate of drug-likeness (QED) is 0.667. The molecule has 0 aromatic heterocycles. The molecule has 0 saturated heterocycles. The van der Waals surface area contributed by atoms with Crippen LogP contribution in [0.25, 0.3) is 0 Å². The fourth-order valence-corrected chi connectivity index (χ4v) is 2.50. The van der Waals surface area contributed by atoms with E-state index in [1.165, 1.54) is 13.0 Å². The van der Waals surface area contributed by atoms with Gasteiger partial charge in [0.05, 0.1) is 10.9 Å². The monoisotopic (exact) mass is 329 g/mol. The van der Waals surface area contributed by atoms with Gasteiger partial charge in [0.1, 0.15) is 23.3 Å². The van der Waals surface area contributed by atoms with Crippen molar-refractivity contribution in [2.75, 3.05) is 5.32 Å². The smallest absolute Gasteiger partial charge is 0.237 e. The Kier molecular flexibility index (Phi) is 5.07. The van der Waals surface area contributed by atoms with Crippen molar-refractivity contribution in [3.05, 3.63) is 59.7 Å². The maximum atomic E-state index is 13.5. The van der Waals surface area contributed by atoms with Crippen LogP contribution in [0.3, 0.4) is 0 Å². The molecular formula is C15H11F4NOS. The molecule has 2 aromatic rings. The fraction of sp³-hybridized carbons (Fsp3) is 0.133. The zero-order chi connectivity index (χ0) is 16.3. The van der Waals surface area contributed by atoms with Crippen molar-refractivity contribution >= 4 is 23.4 Å². The van der Waals surface area contributed by atoms with Gasteiger partial charge < -0.3 is 5.32 Å². The summed E-state index contributed by atoms with van der Waals surface area (Å²) in [5, 5.41) is 1.53. The van der Waals surface area contributed by atoms with Crippen LogP contribution in [0.4, 0.5) is 23.2 Å². The molecule has 0 spiro atoms. The molecule has 2 nitrogen and oxygen atoms in total. The molecule has 1 N–H and O–H groups in total. The Balaban J connectivity index is 2.05. The molecule has 2 aromatic carbocycles. The number of halogens is 4. The number of amides is 1. The van der Waals surface area contributed by atoms with Crippen molar-refractivity contribution < 1.29 is 22.4 Å². The van der Waals surface area contributed by atoms with Gasteiger partial charge in [0.25, 0.3) is 0 Å². The summed E-state index contributed by atoms with van der Waals surface area (Å²) >= 11 is 0.865. The number of hydrogen-bond donors (Lipinski definition) is 1. The minimum absolute atomic E-state index is 0.101. The summed E-state index contributed by atoms with van der Waals surface area (Å²) in [6.45, 7) is 1.49. The lowest BCUT2D eigenvalue weighted by Gasteiger charge is -2.13. The van der Waals surface area contributed by atoms with E-state index in [9.17, 15) is 22.4 Å². The SMILES string of the molecule is CC(Sc1ccc(F)cc1F)C(=O)Nc1ccc(F)cc1F. The second-order valence-electron chi connectivity index (χ2n) is 4.45. The summed E-state index contributed by atoms with van der Waals surface area (Å²) in [6.07, 6.45) is 0. The van der Waals surface area contributed by atoms with E-state index in [0.29, 0.717) is 12.1 Å². The van der Waals surface area contributed by atoms with Gasteiger partial charge in [-0.1, -0.05) is 0 Å². The zero-order valence-corrected chi connectivity index (χ0v) is 12.2. The third-order valence-corrected chi connectivity index (χ3v) is 3.91. The molecule has 0 radical (unpaired) electrons. The summed E-state index contributed by atoms with van der Waals surface area (Å²) < 4.78 is 52.5. The maximum absolute atomic E-state index is 13.5. The summed E-state index contributed by atoms with van der Waals surface area (Å²) in [5.41, 5.74) is -0.168. The van der Waals surface area contributed by atoms with Gasteiger partial charge in [0, 0.05) is 17.0 Å². The standard InChI is InChI=1S/C15H11F4NOS/c1-8(22-14-5-3-10(17)7-12(14)19)15(21)20-13-4-2-9(16)6-11(13)18/h2-8H,1H3,(H,20,21). The molecule has 0 aliphatic heterocycles. The van der Waals surface area contributed by atoms with Gasteiger partial charge in [-0.05, 0) is 31.2 Å². The third-order valence-electron chi connectivity index (χ3n) is 2.76. The highest BCUT2D eigenvalue weighted by atomic mass is 32.2. The molecule has 22 heavy (non-hydrogen) atoms. The Morgan fingerprint density at radius 2 is 1.59 bits per heavy atom. The average Bonchev–Trinajstić information content (AvgIpc) is 2.44. The van der Waals surface area contributed by atoms with Crippen molar-refractivity contribution in [2.24, 2.45) is 0 Å². The van der Waals surface area contributed by atoms with E-state index in [1.54, 1.807) is 0 Å². The van der Waals surface area contributed by atoms with E-state index >= 15 is 0 Å². The number of hydrogen-bond acceptors (Lipinski definition) is 2. The molecule has 116 valence electrons. The first-order chi connectivity index (χ1) is 10.4. The van der Waals surface area contributed by atoms with Crippen LogP contribution in [0.2, 0.25) is 0 Å². The van der Waals surface area contributed by atoms with Crippen LogP contribution in [0.5, 0.6) is 0 Å². The van der Waals surface area contributed by atoms with Crippen molar-refractivity contribution in [3.8, 4) is 0 Å². The Bertz CT molecular complexity index is 708. The second kappa shape index (κ2) is 6.83. The number of carbonyl (C=O) groups excluding carboxylic acids is 1. The van der Waals surface area contributed by atoms with Gasteiger partial charge >= 0.3 is 0 Å². The Morgan fingerprint density at radius 3 is 2.18 bits per heavy atom. The van der Waals surface area contributed by atoms with Gasteiger partial charge in [-0.3, -0.25) is 4.79 Å². The van der Waals surface area contributed by atoms with E-state index in [0.717, 1.165) is 30.0 Å². The van der Waals surface area contributed by atoms with Crippen LogP contribution in [0, 0.1) is 23.3 Å². The molecule has 0 fully saturated rings. The van der Waals surface area contributed by atoms with Gasteiger partial charge in [-0.15, -0.1) is 11.8 Å². The number of thioether (sulfide) groups is 1. The van der Waals surface area contributed by atoms with Crippen LogP contribution < -0.4 is 5.32 Å².